The molecule has 0 amide bonds. The van der Waals surface area contributed by atoms with Crippen LogP contribution < -0.4 is 5.32 Å². The average molecular weight is 288 g/mol. The molecule has 0 spiro atoms. The van der Waals surface area contributed by atoms with Gasteiger partial charge in [0.1, 0.15) is 11.9 Å². The summed E-state index contributed by atoms with van der Waals surface area (Å²) in [5.41, 5.74) is -0.455. The van der Waals surface area contributed by atoms with Gasteiger partial charge in [-0.2, -0.15) is 5.26 Å². The predicted octanol–water partition coefficient (Wildman–Crippen LogP) is 3.49. The van der Waals surface area contributed by atoms with Crippen LogP contribution in [0.25, 0.3) is 0 Å². The molecule has 7 heteroatoms. The summed E-state index contributed by atoms with van der Waals surface area (Å²) in [6.07, 6.45) is 0.848. The zero-order chi connectivity index (χ0) is 14.5. The van der Waals surface area contributed by atoms with Crippen LogP contribution in [0.5, 0.6) is 0 Å². The quantitative estimate of drug-likeness (QED) is 0.671. The molecule has 0 bridgehead atoms. The molecule has 2 aromatic rings. The molecule has 0 radical (unpaired) electrons. The molecule has 1 atom stereocenters. The van der Waals surface area contributed by atoms with Gasteiger partial charge in [-0.1, -0.05) is 13.0 Å². The van der Waals surface area contributed by atoms with Gasteiger partial charge < -0.3 is 5.32 Å². The molecule has 102 valence electrons. The first-order valence-electron chi connectivity index (χ1n) is 6.01. The van der Waals surface area contributed by atoms with Gasteiger partial charge in [0, 0.05) is 10.9 Å². The number of nitriles is 1. The Morgan fingerprint density at radius 2 is 2.35 bits per heavy atom. The molecule has 0 saturated carbocycles. The minimum Gasteiger partial charge on any atom is -0.362 e. The van der Waals surface area contributed by atoms with Crippen molar-refractivity contribution in [1.82, 2.24) is 4.98 Å². The molecule has 6 nitrogen and oxygen atoms in total. The first kappa shape index (κ1) is 14.0. The molecule has 0 aliphatic carbocycles. The molecule has 2 rings (SSSR count). The zero-order valence-electron chi connectivity index (χ0n) is 10.7. The van der Waals surface area contributed by atoms with Gasteiger partial charge >= 0.3 is 5.69 Å². The van der Waals surface area contributed by atoms with E-state index < -0.39 is 4.92 Å². The maximum atomic E-state index is 10.8. The summed E-state index contributed by atoms with van der Waals surface area (Å²) in [5, 5.41) is 24.9. The minimum atomic E-state index is -0.605. The summed E-state index contributed by atoms with van der Waals surface area (Å²) < 4.78 is 0. The lowest BCUT2D eigenvalue weighted by Gasteiger charge is -2.16. The van der Waals surface area contributed by atoms with E-state index >= 15 is 0 Å². The highest BCUT2D eigenvalue weighted by atomic mass is 32.1. The van der Waals surface area contributed by atoms with Gasteiger partial charge in [0.2, 0.25) is 5.69 Å². The number of nitro groups is 1. The average Bonchev–Trinajstić information content (AvgIpc) is 2.98. The van der Waals surface area contributed by atoms with Gasteiger partial charge in [-0.25, -0.2) is 4.98 Å². The molecule has 0 aliphatic rings. The number of thiophene rings is 1. The summed E-state index contributed by atoms with van der Waals surface area (Å²) in [6.45, 7) is 2.04. The van der Waals surface area contributed by atoms with Crippen molar-refractivity contribution in [2.75, 3.05) is 5.32 Å². The van der Waals surface area contributed by atoms with Gasteiger partial charge in [-0.3, -0.25) is 10.1 Å². The van der Waals surface area contributed by atoms with E-state index in [0.717, 1.165) is 11.3 Å². The van der Waals surface area contributed by atoms with E-state index in [-0.39, 0.29) is 17.4 Å². The highest BCUT2D eigenvalue weighted by Crippen LogP contribution is 2.26. The number of nitrogens with one attached hydrogen (secondary N) is 1. The van der Waals surface area contributed by atoms with Crippen LogP contribution in [0.3, 0.4) is 0 Å². The topological polar surface area (TPSA) is 91.9 Å². The van der Waals surface area contributed by atoms with Gasteiger partial charge in [0.15, 0.2) is 0 Å². The third-order valence-electron chi connectivity index (χ3n) is 2.79. The fourth-order valence-electron chi connectivity index (χ4n) is 1.80. The Kier molecular flexibility index (Phi) is 4.27. The highest BCUT2D eigenvalue weighted by Gasteiger charge is 2.17. The van der Waals surface area contributed by atoms with Gasteiger partial charge in [-0.05, 0) is 23.9 Å². The van der Waals surface area contributed by atoms with E-state index in [9.17, 15) is 10.1 Å². The predicted molar refractivity (Wildman–Crippen MR) is 76.6 cm³/mol. The second-order valence-electron chi connectivity index (χ2n) is 4.05. The van der Waals surface area contributed by atoms with Crippen molar-refractivity contribution in [3.05, 3.63) is 50.3 Å². The van der Waals surface area contributed by atoms with Crippen molar-refractivity contribution in [1.29, 1.82) is 5.26 Å². The molecule has 0 aromatic carbocycles. The van der Waals surface area contributed by atoms with E-state index in [1.165, 1.54) is 12.1 Å². The van der Waals surface area contributed by atoms with E-state index in [0.29, 0.717) is 5.82 Å². The zero-order valence-corrected chi connectivity index (χ0v) is 11.6. The molecule has 0 saturated heterocycles. The van der Waals surface area contributed by atoms with Crippen LogP contribution >= 0.6 is 11.3 Å². The Labute approximate surface area is 119 Å². The molecule has 1 N–H and O–H groups in total. The number of hydrogen-bond acceptors (Lipinski definition) is 6. The van der Waals surface area contributed by atoms with Gasteiger partial charge in [0.25, 0.3) is 0 Å². The van der Waals surface area contributed by atoms with Crippen LogP contribution in [0.2, 0.25) is 0 Å². The number of aromatic nitrogens is 1. The van der Waals surface area contributed by atoms with Crippen molar-refractivity contribution in [3.63, 3.8) is 0 Å². The number of anilines is 1. The highest BCUT2D eigenvalue weighted by molar-refractivity contribution is 7.10. The molecule has 0 aliphatic heterocycles. The van der Waals surface area contributed by atoms with Crippen LogP contribution in [0.1, 0.15) is 30.0 Å². The first-order valence-corrected chi connectivity index (χ1v) is 6.89. The Morgan fingerprint density at radius 1 is 1.55 bits per heavy atom. The molecule has 2 heterocycles. The van der Waals surface area contributed by atoms with Crippen LogP contribution in [0.4, 0.5) is 11.5 Å². The number of nitrogens with zero attached hydrogens (tertiary/aromatic N) is 3. The van der Waals surface area contributed by atoms with Crippen LogP contribution in [-0.4, -0.2) is 9.91 Å². The maximum Gasteiger partial charge on any atom is 0.305 e. The van der Waals surface area contributed by atoms with Crippen molar-refractivity contribution < 1.29 is 4.92 Å². The fraction of sp³-hybridized carbons (Fsp3) is 0.231. The molecule has 2 aromatic heterocycles. The van der Waals surface area contributed by atoms with Crippen molar-refractivity contribution in [2.45, 2.75) is 19.4 Å². The lowest BCUT2D eigenvalue weighted by molar-refractivity contribution is -0.385. The van der Waals surface area contributed by atoms with Crippen molar-refractivity contribution in [3.8, 4) is 6.07 Å². The summed E-state index contributed by atoms with van der Waals surface area (Å²) in [5.74, 6) is 0.465. The molecule has 1 unspecified atom stereocenters. The van der Waals surface area contributed by atoms with Crippen LogP contribution in [0.15, 0.2) is 29.6 Å². The Morgan fingerprint density at radius 3 is 2.90 bits per heavy atom. The maximum absolute atomic E-state index is 10.8. The first-order chi connectivity index (χ1) is 9.65. The second-order valence-corrected chi connectivity index (χ2v) is 5.03. The standard InChI is InChI=1S/C13H12N4O2S/c1-2-9(12-4-3-7-20-12)15-13-6-5-11(17(18)19)10(8-14)16-13/h3-7,9H,2H2,1H3,(H,15,16). The third-order valence-corrected chi connectivity index (χ3v) is 3.78. The number of pyridine rings is 1. The third kappa shape index (κ3) is 2.92. The Bertz CT molecular complexity index is 649. The van der Waals surface area contributed by atoms with Crippen LogP contribution in [0, 0.1) is 21.4 Å². The van der Waals surface area contributed by atoms with E-state index in [1.807, 2.05) is 24.4 Å². The lowest BCUT2D eigenvalue weighted by atomic mass is 10.2. The fourth-order valence-corrected chi connectivity index (χ4v) is 2.67. The van der Waals surface area contributed by atoms with Crippen molar-refractivity contribution in [2.24, 2.45) is 0 Å². The largest absolute Gasteiger partial charge is 0.362 e. The van der Waals surface area contributed by atoms with Gasteiger partial charge in [0.05, 0.1) is 11.0 Å². The Balaban J connectivity index is 2.26. The molecule has 20 heavy (non-hydrogen) atoms. The Hall–Kier alpha value is -2.46. The van der Waals surface area contributed by atoms with E-state index in [1.54, 1.807) is 17.4 Å². The summed E-state index contributed by atoms with van der Waals surface area (Å²) in [6, 6.07) is 8.64. The minimum absolute atomic E-state index is 0.0792. The number of hydrogen-bond donors (Lipinski definition) is 1. The van der Waals surface area contributed by atoms with E-state index in [4.69, 9.17) is 5.26 Å². The van der Waals surface area contributed by atoms with E-state index in [2.05, 4.69) is 10.3 Å². The summed E-state index contributed by atoms with van der Waals surface area (Å²) >= 11 is 1.63. The normalized spacial score (nSPS) is 11.6. The molecule has 0 fully saturated rings. The smallest absolute Gasteiger partial charge is 0.305 e. The monoisotopic (exact) mass is 288 g/mol. The molecular formula is C13H12N4O2S. The number of rotatable bonds is 5. The second kappa shape index (κ2) is 6.12. The van der Waals surface area contributed by atoms with Crippen LogP contribution in [-0.2, 0) is 0 Å². The summed E-state index contributed by atoms with van der Waals surface area (Å²) in [4.78, 5) is 15.3. The SMILES string of the molecule is CCC(Nc1ccc([N+](=O)[O-])c(C#N)n1)c1cccs1. The lowest BCUT2D eigenvalue weighted by Crippen LogP contribution is -2.10. The molecular weight excluding hydrogens is 276 g/mol. The summed E-state index contributed by atoms with van der Waals surface area (Å²) in [7, 11) is 0. The van der Waals surface area contributed by atoms with Gasteiger partial charge in [-0.15, -0.1) is 11.3 Å². The van der Waals surface area contributed by atoms with Crippen molar-refractivity contribution >= 4 is 22.8 Å².